The number of ether oxygens (including phenoxy) is 1. The summed E-state index contributed by atoms with van der Waals surface area (Å²) >= 11 is 1.67. The Morgan fingerprint density at radius 2 is 2.39 bits per heavy atom. The molecule has 0 saturated heterocycles. The number of methoxy groups -OCH3 is 1. The number of aromatic nitrogens is 1. The molecule has 0 radical (unpaired) electrons. The van der Waals surface area contributed by atoms with E-state index in [9.17, 15) is 0 Å². The number of hydrogen-bond acceptors (Lipinski definition) is 4. The third-order valence-electron chi connectivity index (χ3n) is 3.67. The number of aryl methyl sites for hydroxylation is 1. The van der Waals surface area contributed by atoms with Gasteiger partial charge in [-0.15, -0.1) is 11.3 Å². The van der Waals surface area contributed by atoms with Gasteiger partial charge in [-0.05, 0) is 36.1 Å². The summed E-state index contributed by atoms with van der Waals surface area (Å²) in [5.74, 6) is 0.884. The average Bonchev–Trinajstić information content (AvgIpc) is 2.99. The van der Waals surface area contributed by atoms with Crippen molar-refractivity contribution in [2.75, 3.05) is 7.11 Å². The largest absolute Gasteiger partial charge is 0.497 e. The number of benzene rings is 1. The van der Waals surface area contributed by atoms with Crippen LogP contribution >= 0.6 is 11.3 Å². The molecule has 0 spiro atoms. The van der Waals surface area contributed by atoms with Crippen LogP contribution in [0, 0.1) is 0 Å². The van der Waals surface area contributed by atoms with Crippen LogP contribution in [-0.2, 0) is 18.4 Å². The van der Waals surface area contributed by atoms with Crippen molar-refractivity contribution in [3.05, 3.63) is 45.9 Å². The summed E-state index contributed by atoms with van der Waals surface area (Å²) in [5.41, 5.74) is 10.8. The zero-order valence-corrected chi connectivity index (χ0v) is 11.2. The molecule has 1 aliphatic carbocycles. The highest BCUT2D eigenvalue weighted by molar-refractivity contribution is 7.09. The van der Waals surface area contributed by atoms with E-state index >= 15 is 0 Å². The summed E-state index contributed by atoms with van der Waals surface area (Å²) in [6.45, 7) is 0. The molecule has 1 atom stereocenters. The van der Waals surface area contributed by atoms with Crippen molar-refractivity contribution in [2.45, 2.75) is 24.8 Å². The highest BCUT2D eigenvalue weighted by Gasteiger charge is 2.35. The van der Waals surface area contributed by atoms with E-state index in [-0.39, 0.29) is 5.54 Å². The van der Waals surface area contributed by atoms with Crippen molar-refractivity contribution >= 4 is 11.3 Å². The van der Waals surface area contributed by atoms with Gasteiger partial charge in [-0.3, -0.25) is 4.98 Å². The smallest absolute Gasteiger partial charge is 0.119 e. The molecule has 0 fully saturated rings. The van der Waals surface area contributed by atoms with Gasteiger partial charge in [-0.2, -0.15) is 0 Å². The van der Waals surface area contributed by atoms with Crippen LogP contribution < -0.4 is 10.5 Å². The molecule has 1 aliphatic rings. The Kier molecular flexibility index (Phi) is 2.84. The summed E-state index contributed by atoms with van der Waals surface area (Å²) in [5, 5.41) is 0. The van der Waals surface area contributed by atoms with Gasteiger partial charge in [-0.1, -0.05) is 6.07 Å². The minimum atomic E-state index is -0.267. The van der Waals surface area contributed by atoms with Crippen molar-refractivity contribution in [2.24, 2.45) is 5.73 Å². The predicted octanol–water partition coefficient (Wildman–Crippen LogP) is 2.49. The molecule has 1 heterocycles. The molecule has 0 aliphatic heterocycles. The van der Waals surface area contributed by atoms with Gasteiger partial charge in [0.15, 0.2) is 0 Å². The molecule has 4 heteroatoms. The second-order valence-corrected chi connectivity index (χ2v) is 5.79. The van der Waals surface area contributed by atoms with Gasteiger partial charge >= 0.3 is 0 Å². The number of thiazole rings is 1. The molecule has 2 aromatic rings. The van der Waals surface area contributed by atoms with E-state index in [4.69, 9.17) is 10.5 Å². The van der Waals surface area contributed by atoms with Gasteiger partial charge in [0.25, 0.3) is 0 Å². The van der Waals surface area contributed by atoms with Crippen LogP contribution in [0.3, 0.4) is 0 Å². The van der Waals surface area contributed by atoms with Gasteiger partial charge in [0.2, 0.25) is 0 Å². The first kappa shape index (κ1) is 11.7. The van der Waals surface area contributed by atoms with E-state index in [1.807, 2.05) is 17.8 Å². The molecular weight excluding hydrogens is 244 g/mol. The standard InChI is InChI=1S/C14H16N2OS/c1-17-11-3-2-10-4-5-14(15,13(10)6-11)7-12-8-16-9-18-12/h2-3,6,8-9H,4-5,7,15H2,1H3. The van der Waals surface area contributed by atoms with Crippen LogP contribution in [0.15, 0.2) is 29.9 Å². The highest BCUT2D eigenvalue weighted by atomic mass is 32.1. The lowest BCUT2D eigenvalue weighted by Gasteiger charge is -2.25. The van der Waals surface area contributed by atoms with Gasteiger partial charge in [0, 0.05) is 23.0 Å². The molecule has 3 rings (SSSR count). The van der Waals surface area contributed by atoms with E-state index in [0.717, 1.165) is 25.0 Å². The van der Waals surface area contributed by atoms with Crippen molar-refractivity contribution in [1.82, 2.24) is 4.98 Å². The topological polar surface area (TPSA) is 48.1 Å². The number of hydrogen-bond donors (Lipinski definition) is 1. The first-order valence-corrected chi connectivity index (χ1v) is 6.93. The fourth-order valence-electron chi connectivity index (χ4n) is 2.68. The maximum atomic E-state index is 6.61. The first-order chi connectivity index (χ1) is 8.71. The maximum absolute atomic E-state index is 6.61. The van der Waals surface area contributed by atoms with Crippen LogP contribution in [0.25, 0.3) is 0 Å². The Morgan fingerprint density at radius 3 is 3.11 bits per heavy atom. The molecule has 94 valence electrons. The van der Waals surface area contributed by atoms with Crippen molar-refractivity contribution < 1.29 is 4.74 Å². The minimum Gasteiger partial charge on any atom is -0.497 e. The predicted molar refractivity (Wildman–Crippen MR) is 73.0 cm³/mol. The minimum absolute atomic E-state index is 0.267. The fraction of sp³-hybridized carbons (Fsp3) is 0.357. The molecule has 2 N–H and O–H groups in total. The molecular formula is C14H16N2OS. The van der Waals surface area contributed by atoms with E-state index in [1.165, 1.54) is 16.0 Å². The van der Waals surface area contributed by atoms with E-state index < -0.39 is 0 Å². The number of nitrogens with zero attached hydrogens (tertiary/aromatic N) is 1. The maximum Gasteiger partial charge on any atom is 0.119 e. The zero-order chi connectivity index (χ0) is 12.6. The molecule has 1 aromatic carbocycles. The second-order valence-electron chi connectivity index (χ2n) is 4.82. The van der Waals surface area contributed by atoms with Crippen molar-refractivity contribution in [1.29, 1.82) is 0 Å². The van der Waals surface area contributed by atoms with Crippen molar-refractivity contribution in [3.63, 3.8) is 0 Å². The molecule has 3 nitrogen and oxygen atoms in total. The lowest BCUT2D eigenvalue weighted by molar-refractivity contribution is 0.408. The molecule has 0 amide bonds. The molecule has 1 aromatic heterocycles. The normalized spacial score (nSPS) is 21.9. The second kappa shape index (κ2) is 4.37. The Balaban J connectivity index is 1.96. The summed E-state index contributed by atoms with van der Waals surface area (Å²) < 4.78 is 5.30. The lowest BCUT2D eigenvalue weighted by Crippen LogP contribution is -2.36. The van der Waals surface area contributed by atoms with Crippen LogP contribution in [0.2, 0.25) is 0 Å². The number of fused-ring (bicyclic) bond motifs is 1. The Labute approximate surface area is 111 Å². The highest BCUT2D eigenvalue weighted by Crippen LogP contribution is 2.39. The van der Waals surface area contributed by atoms with Gasteiger partial charge in [0.1, 0.15) is 5.75 Å². The Morgan fingerprint density at radius 1 is 1.50 bits per heavy atom. The summed E-state index contributed by atoms with van der Waals surface area (Å²) in [4.78, 5) is 5.37. The molecule has 0 bridgehead atoms. The monoisotopic (exact) mass is 260 g/mol. The van der Waals surface area contributed by atoms with Crippen LogP contribution in [0.1, 0.15) is 22.4 Å². The number of rotatable bonds is 3. The Bertz CT molecular complexity index is 553. The zero-order valence-electron chi connectivity index (χ0n) is 10.3. The molecule has 0 saturated carbocycles. The van der Waals surface area contributed by atoms with E-state index in [2.05, 4.69) is 17.1 Å². The van der Waals surface area contributed by atoms with Crippen LogP contribution in [0.4, 0.5) is 0 Å². The van der Waals surface area contributed by atoms with Crippen LogP contribution in [0.5, 0.6) is 5.75 Å². The van der Waals surface area contributed by atoms with E-state index in [1.54, 1.807) is 18.4 Å². The first-order valence-electron chi connectivity index (χ1n) is 6.05. The fourth-order valence-corrected chi connectivity index (χ4v) is 3.40. The summed E-state index contributed by atoms with van der Waals surface area (Å²) in [7, 11) is 1.69. The third kappa shape index (κ3) is 1.91. The van der Waals surface area contributed by atoms with Gasteiger partial charge in [-0.25, -0.2) is 0 Å². The van der Waals surface area contributed by atoms with Crippen LogP contribution in [-0.4, -0.2) is 12.1 Å². The quantitative estimate of drug-likeness (QED) is 0.922. The average molecular weight is 260 g/mol. The SMILES string of the molecule is COc1ccc2c(c1)C(N)(Cc1cncs1)CC2. The summed E-state index contributed by atoms with van der Waals surface area (Å²) in [6.07, 6.45) is 4.82. The molecule has 1 unspecified atom stereocenters. The van der Waals surface area contributed by atoms with Gasteiger partial charge in [0.05, 0.1) is 12.6 Å². The van der Waals surface area contributed by atoms with E-state index in [0.29, 0.717) is 0 Å². The lowest BCUT2D eigenvalue weighted by atomic mass is 9.89. The third-order valence-corrected chi connectivity index (χ3v) is 4.45. The Hall–Kier alpha value is -1.39. The summed E-state index contributed by atoms with van der Waals surface area (Å²) in [6, 6.07) is 6.23. The van der Waals surface area contributed by atoms with Crippen molar-refractivity contribution in [3.8, 4) is 5.75 Å². The molecule has 18 heavy (non-hydrogen) atoms. The number of nitrogens with two attached hydrogens (primary N) is 1. The van der Waals surface area contributed by atoms with Gasteiger partial charge < -0.3 is 10.5 Å².